The van der Waals surface area contributed by atoms with E-state index >= 15 is 0 Å². The SMILES string of the molecule is Fc1ccc(CSc2ncnc3c2cnn3Cc2ccccc2)cc1. The predicted molar refractivity (Wildman–Crippen MR) is 96.8 cm³/mol. The quantitative estimate of drug-likeness (QED) is 0.397. The number of rotatable bonds is 5. The average Bonchev–Trinajstić information content (AvgIpc) is 3.06. The fourth-order valence-electron chi connectivity index (χ4n) is 2.59. The van der Waals surface area contributed by atoms with E-state index in [0.29, 0.717) is 6.54 Å². The van der Waals surface area contributed by atoms with Crippen molar-refractivity contribution in [2.75, 3.05) is 0 Å². The summed E-state index contributed by atoms with van der Waals surface area (Å²) in [4.78, 5) is 8.78. The average molecular weight is 350 g/mol. The van der Waals surface area contributed by atoms with Gasteiger partial charge in [0.15, 0.2) is 5.65 Å². The molecule has 0 saturated carbocycles. The van der Waals surface area contributed by atoms with Gasteiger partial charge in [-0.1, -0.05) is 42.5 Å². The van der Waals surface area contributed by atoms with Crippen LogP contribution in [0.1, 0.15) is 11.1 Å². The number of benzene rings is 2. The molecule has 0 radical (unpaired) electrons. The van der Waals surface area contributed by atoms with Crippen LogP contribution in [0.2, 0.25) is 0 Å². The lowest BCUT2D eigenvalue weighted by molar-refractivity contribution is 0.627. The Bertz CT molecular complexity index is 983. The Kier molecular flexibility index (Phi) is 4.43. The van der Waals surface area contributed by atoms with Gasteiger partial charge >= 0.3 is 0 Å². The minimum Gasteiger partial charge on any atom is -0.243 e. The van der Waals surface area contributed by atoms with Crippen LogP contribution in [-0.4, -0.2) is 19.7 Å². The summed E-state index contributed by atoms with van der Waals surface area (Å²) in [6.07, 6.45) is 3.38. The Balaban J connectivity index is 1.57. The molecule has 4 nitrogen and oxygen atoms in total. The van der Waals surface area contributed by atoms with Gasteiger partial charge in [-0.2, -0.15) is 5.10 Å². The van der Waals surface area contributed by atoms with Crippen molar-refractivity contribution < 1.29 is 4.39 Å². The number of halogens is 1. The van der Waals surface area contributed by atoms with Crippen LogP contribution in [0.3, 0.4) is 0 Å². The number of hydrogen-bond acceptors (Lipinski definition) is 4. The largest absolute Gasteiger partial charge is 0.243 e. The zero-order valence-corrected chi connectivity index (χ0v) is 14.2. The van der Waals surface area contributed by atoms with Crippen LogP contribution in [0.4, 0.5) is 4.39 Å². The van der Waals surface area contributed by atoms with E-state index in [-0.39, 0.29) is 5.82 Å². The highest BCUT2D eigenvalue weighted by atomic mass is 32.2. The Morgan fingerprint density at radius 1 is 0.920 bits per heavy atom. The third-order valence-corrected chi connectivity index (χ3v) is 4.94. The second-order valence-corrected chi connectivity index (χ2v) is 6.58. The van der Waals surface area contributed by atoms with E-state index < -0.39 is 0 Å². The molecule has 2 aromatic carbocycles. The Hall–Kier alpha value is -2.73. The number of nitrogens with zero attached hydrogens (tertiary/aromatic N) is 4. The molecule has 0 unspecified atom stereocenters. The number of hydrogen-bond donors (Lipinski definition) is 0. The second kappa shape index (κ2) is 7.03. The standard InChI is InChI=1S/C19H15FN4S/c20-16-8-6-15(7-9-16)12-25-19-17-10-23-24(18(17)21-13-22-19)11-14-4-2-1-3-5-14/h1-10,13H,11-12H2. The van der Waals surface area contributed by atoms with Crippen molar-refractivity contribution in [2.24, 2.45) is 0 Å². The molecule has 4 aromatic rings. The summed E-state index contributed by atoms with van der Waals surface area (Å²) >= 11 is 1.60. The summed E-state index contributed by atoms with van der Waals surface area (Å²) < 4.78 is 14.9. The van der Waals surface area contributed by atoms with E-state index in [4.69, 9.17) is 0 Å². The highest BCUT2D eigenvalue weighted by Gasteiger charge is 2.11. The molecule has 124 valence electrons. The lowest BCUT2D eigenvalue weighted by Gasteiger charge is -2.05. The Morgan fingerprint density at radius 2 is 1.72 bits per heavy atom. The molecular weight excluding hydrogens is 335 g/mol. The highest BCUT2D eigenvalue weighted by Crippen LogP contribution is 2.27. The second-order valence-electron chi connectivity index (χ2n) is 5.62. The van der Waals surface area contributed by atoms with E-state index in [0.717, 1.165) is 27.4 Å². The number of aromatic nitrogens is 4. The van der Waals surface area contributed by atoms with Gasteiger partial charge in [0, 0.05) is 5.75 Å². The molecule has 2 heterocycles. The van der Waals surface area contributed by atoms with Gasteiger partial charge in [0.2, 0.25) is 0 Å². The Morgan fingerprint density at radius 3 is 2.52 bits per heavy atom. The molecule has 0 amide bonds. The van der Waals surface area contributed by atoms with Crippen molar-refractivity contribution in [3.05, 3.63) is 84.1 Å². The van der Waals surface area contributed by atoms with E-state index in [9.17, 15) is 4.39 Å². The topological polar surface area (TPSA) is 43.6 Å². The normalized spacial score (nSPS) is 11.1. The lowest BCUT2D eigenvalue weighted by Crippen LogP contribution is -2.02. The van der Waals surface area contributed by atoms with Gasteiger partial charge in [-0.3, -0.25) is 0 Å². The van der Waals surface area contributed by atoms with Crippen LogP contribution in [-0.2, 0) is 12.3 Å². The first-order chi connectivity index (χ1) is 12.3. The third kappa shape index (κ3) is 3.53. The van der Waals surface area contributed by atoms with Crippen molar-refractivity contribution in [1.82, 2.24) is 19.7 Å². The summed E-state index contributed by atoms with van der Waals surface area (Å²) in [5, 5.41) is 6.29. The highest BCUT2D eigenvalue weighted by molar-refractivity contribution is 7.98. The first-order valence-corrected chi connectivity index (χ1v) is 8.86. The van der Waals surface area contributed by atoms with Crippen LogP contribution in [0.5, 0.6) is 0 Å². The molecule has 0 aliphatic rings. The number of thioether (sulfide) groups is 1. The minimum absolute atomic E-state index is 0.222. The van der Waals surface area contributed by atoms with Gasteiger partial charge in [-0.05, 0) is 23.3 Å². The van der Waals surface area contributed by atoms with Crippen molar-refractivity contribution in [3.63, 3.8) is 0 Å². The molecule has 0 aliphatic carbocycles. The minimum atomic E-state index is -0.222. The van der Waals surface area contributed by atoms with Crippen LogP contribution in [0, 0.1) is 5.82 Å². The van der Waals surface area contributed by atoms with Crippen molar-refractivity contribution in [2.45, 2.75) is 17.3 Å². The zero-order valence-electron chi connectivity index (χ0n) is 13.3. The van der Waals surface area contributed by atoms with Gasteiger partial charge in [-0.15, -0.1) is 11.8 Å². The van der Waals surface area contributed by atoms with Crippen LogP contribution in [0.25, 0.3) is 11.0 Å². The van der Waals surface area contributed by atoms with Crippen molar-refractivity contribution in [3.8, 4) is 0 Å². The maximum atomic E-state index is 13.0. The molecule has 0 aliphatic heterocycles. The summed E-state index contributed by atoms with van der Waals surface area (Å²) in [6, 6.07) is 16.7. The monoisotopic (exact) mass is 350 g/mol. The first-order valence-electron chi connectivity index (χ1n) is 7.87. The maximum Gasteiger partial charge on any atom is 0.162 e. The molecule has 0 N–H and O–H groups in total. The first kappa shape index (κ1) is 15.8. The van der Waals surface area contributed by atoms with Crippen LogP contribution >= 0.6 is 11.8 Å². The molecule has 2 aromatic heterocycles. The van der Waals surface area contributed by atoms with Crippen molar-refractivity contribution in [1.29, 1.82) is 0 Å². The Labute approximate surface area is 148 Å². The van der Waals surface area contributed by atoms with Crippen LogP contribution < -0.4 is 0 Å². The van der Waals surface area contributed by atoms with E-state index in [2.05, 4.69) is 27.2 Å². The molecule has 0 saturated heterocycles. The van der Waals surface area contributed by atoms with E-state index in [1.54, 1.807) is 30.2 Å². The number of fused-ring (bicyclic) bond motifs is 1. The summed E-state index contributed by atoms with van der Waals surface area (Å²) in [5.74, 6) is 0.497. The van der Waals surface area contributed by atoms with E-state index in [1.165, 1.54) is 17.7 Å². The fourth-order valence-corrected chi connectivity index (χ4v) is 3.51. The van der Waals surface area contributed by atoms with Crippen LogP contribution in [0.15, 0.2) is 72.1 Å². The molecule has 0 fully saturated rings. The van der Waals surface area contributed by atoms with Gasteiger partial charge in [0.05, 0.1) is 18.1 Å². The summed E-state index contributed by atoms with van der Waals surface area (Å²) in [7, 11) is 0. The summed E-state index contributed by atoms with van der Waals surface area (Å²) in [6.45, 7) is 0.670. The van der Waals surface area contributed by atoms with Gasteiger partial charge in [0.25, 0.3) is 0 Å². The lowest BCUT2D eigenvalue weighted by atomic mass is 10.2. The van der Waals surface area contributed by atoms with Gasteiger partial charge in [-0.25, -0.2) is 19.0 Å². The molecule has 25 heavy (non-hydrogen) atoms. The van der Waals surface area contributed by atoms with E-state index in [1.807, 2.05) is 29.1 Å². The molecule has 4 rings (SSSR count). The van der Waals surface area contributed by atoms with Gasteiger partial charge in [0.1, 0.15) is 17.2 Å². The molecule has 0 atom stereocenters. The maximum absolute atomic E-state index is 13.0. The zero-order chi connectivity index (χ0) is 17.1. The molecule has 0 spiro atoms. The molecule has 0 bridgehead atoms. The smallest absolute Gasteiger partial charge is 0.162 e. The predicted octanol–water partition coefficient (Wildman–Crippen LogP) is 4.31. The summed E-state index contributed by atoms with van der Waals surface area (Å²) in [5.41, 5.74) is 3.04. The molecule has 6 heteroatoms. The van der Waals surface area contributed by atoms with Gasteiger partial charge < -0.3 is 0 Å². The fraction of sp³-hybridized carbons (Fsp3) is 0.105. The molecular formula is C19H15FN4S. The third-order valence-electron chi connectivity index (χ3n) is 3.86. The van der Waals surface area contributed by atoms with Crippen molar-refractivity contribution >= 4 is 22.8 Å².